The molecular weight excluding hydrogens is 387 g/mol. The molecule has 4 heterocycles. The molecule has 4 bridgehead atoms. The van der Waals surface area contributed by atoms with Crippen LogP contribution in [0.2, 0.25) is 0 Å². The summed E-state index contributed by atoms with van der Waals surface area (Å²) in [5.74, 6) is -1.34. The van der Waals surface area contributed by atoms with Crippen LogP contribution < -0.4 is 4.90 Å². The molecule has 7 atom stereocenters. The van der Waals surface area contributed by atoms with E-state index in [0.717, 1.165) is 12.8 Å². The molecule has 2 amide bonds. The Bertz CT molecular complexity index is 966. The molecule has 4 fully saturated rings. The fourth-order valence-electron chi connectivity index (χ4n) is 6.49. The molecule has 3 saturated heterocycles. The molecule has 1 spiro atoms. The van der Waals surface area contributed by atoms with Crippen LogP contribution in [0.3, 0.4) is 0 Å². The molecule has 1 aromatic carbocycles. The van der Waals surface area contributed by atoms with Gasteiger partial charge in [-0.05, 0) is 43.5 Å². The number of piperidine rings is 1. The van der Waals surface area contributed by atoms with Crippen LogP contribution >= 0.6 is 0 Å². The fraction of sp³-hybridized carbons (Fsp3) is 0.565. The van der Waals surface area contributed by atoms with E-state index < -0.39 is 17.4 Å². The van der Waals surface area contributed by atoms with Crippen LogP contribution in [0.5, 0.6) is 0 Å². The van der Waals surface area contributed by atoms with Crippen LogP contribution in [0, 0.1) is 36.4 Å². The molecule has 1 saturated carbocycles. The molecular formula is C23H25FN2O4. The Balaban J connectivity index is 1.31. The second kappa shape index (κ2) is 6.14. The maximum Gasteiger partial charge on any atom is 0.234 e. The van der Waals surface area contributed by atoms with Crippen molar-refractivity contribution in [2.75, 3.05) is 24.5 Å². The number of aryl methyl sites for hydroxylation is 1. The largest absolute Gasteiger partial charge is 0.392 e. The predicted molar refractivity (Wildman–Crippen MR) is 106 cm³/mol. The summed E-state index contributed by atoms with van der Waals surface area (Å²) in [6.07, 6.45) is 5.05. The first-order valence-electron chi connectivity index (χ1n) is 10.8. The predicted octanol–water partition coefficient (Wildman–Crippen LogP) is 1.65. The summed E-state index contributed by atoms with van der Waals surface area (Å²) in [6, 6.07) is 4.39. The van der Waals surface area contributed by atoms with Crippen molar-refractivity contribution in [3.8, 4) is 0 Å². The van der Waals surface area contributed by atoms with Gasteiger partial charge in [-0.1, -0.05) is 12.2 Å². The number of amides is 2. The van der Waals surface area contributed by atoms with E-state index in [9.17, 15) is 19.1 Å². The highest BCUT2D eigenvalue weighted by Crippen LogP contribution is 2.53. The van der Waals surface area contributed by atoms with Gasteiger partial charge in [0, 0.05) is 30.6 Å². The SMILES string of the molecule is Cc1cc(F)ccc1N1C[C@]23C=C[C@H](O2)[C@@H](C(=O)N2C[C@H]4CC[C@@H](C2)C4O)[C@@H]3C1=O. The smallest absolute Gasteiger partial charge is 0.234 e. The second-order valence-corrected chi connectivity index (χ2v) is 9.59. The van der Waals surface area contributed by atoms with Gasteiger partial charge < -0.3 is 19.6 Å². The van der Waals surface area contributed by atoms with Gasteiger partial charge in [0.05, 0.1) is 30.6 Å². The Kier molecular flexibility index (Phi) is 3.79. The zero-order valence-corrected chi connectivity index (χ0v) is 16.8. The van der Waals surface area contributed by atoms with E-state index in [1.807, 2.05) is 17.1 Å². The Morgan fingerprint density at radius 3 is 2.70 bits per heavy atom. The van der Waals surface area contributed by atoms with Gasteiger partial charge in [-0.15, -0.1) is 0 Å². The number of carbonyl (C=O) groups excluding carboxylic acids is 2. The van der Waals surface area contributed by atoms with E-state index in [0.29, 0.717) is 30.9 Å². The number of carbonyl (C=O) groups is 2. The minimum absolute atomic E-state index is 0.0361. The van der Waals surface area contributed by atoms with Gasteiger partial charge in [0.25, 0.3) is 0 Å². The zero-order chi connectivity index (χ0) is 20.8. The Hall–Kier alpha value is -2.25. The van der Waals surface area contributed by atoms with Crippen LogP contribution in [0.15, 0.2) is 30.4 Å². The summed E-state index contributed by atoms with van der Waals surface area (Å²) in [4.78, 5) is 30.6. The maximum absolute atomic E-state index is 13.6. The molecule has 30 heavy (non-hydrogen) atoms. The van der Waals surface area contributed by atoms with Gasteiger partial charge in [-0.3, -0.25) is 9.59 Å². The molecule has 1 aromatic rings. The summed E-state index contributed by atoms with van der Waals surface area (Å²) in [6.45, 7) is 3.23. The number of fused-ring (bicyclic) bond motifs is 3. The lowest BCUT2D eigenvalue weighted by Gasteiger charge is -2.38. The van der Waals surface area contributed by atoms with E-state index in [2.05, 4.69) is 0 Å². The molecule has 1 N–H and O–H groups in total. The summed E-state index contributed by atoms with van der Waals surface area (Å²) in [5.41, 5.74) is 0.552. The summed E-state index contributed by atoms with van der Waals surface area (Å²) in [7, 11) is 0. The fourth-order valence-corrected chi connectivity index (χ4v) is 6.49. The van der Waals surface area contributed by atoms with Crippen molar-refractivity contribution in [3.63, 3.8) is 0 Å². The highest BCUT2D eigenvalue weighted by molar-refractivity contribution is 6.03. The normalized spacial score (nSPS) is 41.1. The topological polar surface area (TPSA) is 70.1 Å². The van der Waals surface area contributed by atoms with E-state index in [-0.39, 0.29) is 41.7 Å². The number of likely N-dealkylation sites (tertiary alicyclic amines) is 1. The maximum atomic E-state index is 13.6. The van der Waals surface area contributed by atoms with Crippen LogP contribution in [-0.4, -0.2) is 59.3 Å². The number of benzene rings is 1. The number of hydrogen-bond acceptors (Lipinski definition) is 4. The number of anilines is 1. The van der Waals surface area contributed by atoms with Crippen molar-refractivity contribution < 1.29 is 23.8 Å². The van der Waals surface area contributed by atoms with Gasteiger partial charge in [0.15, 0.2) is 0 Å². The van der Waals surface area contributed by atoms with Gasteiger partial charge in [0.2, 0.25) is 11.8 Å². The van der Waals surface area contributed by atoms with Crippen LogP contribution in [-0.2, 0) is 14.3 Å². The first-order chi connectivity index (χ1) is 14.4. The van der Waals surface area contributed by atoms with Crippen molar-refractivity contribution in [3.05, 3.63) is 41.7 Å². The van der Waals surface area contributed by atoms with Crippen LogP contribution in [0.4, 0.5) is 10.1 Å². The zero-order valence-electron chi connectivity index (χ0n) is 16.8. The number of hydrogen-bond donors (Lipinski definition) is 1. The molecule has 7 heteroatoms. The highest BCUT2D eigenvalue weighted by Gasteiger charge is 2.67. The minimum atomic E-state index is -0.794. The third kappa shape index (κ3) is 2.36. The van der Waals surface area contributed by atoms with Gasteiger partial charge >= 0.3 is 0 Å². The number of aliphatic hydroxyl groups is 1. The number of halogens is 1. The molecule has 158 valence electrons. The molecule has 0 radical (unpaired) electrons. The molecule has 1 unspecified atom stereocenters. The Morgan fingerprint density at radius 2 is 2.00 bits per heavy atom. The van der Waals surface area contributed by atoms with E-state index in [1.165, 1.54) is 12.1 Å². The molecule has 0 aromatic heterocycles. The monoisotopic (exact) mass is 412 g/mol. The molecule has 6 rings (SSSR count). The number of rotatable bonds is 2. The van der Waals surface area contributed by atoms with E-state index in [1.54, 1.807) is 17.9 Å². The van der Waals surface area contributed by atoms with Gasteiger partial charge in [-0.25, -0.2) is 4.39 Å². The third-order valence-electron chi connectivity index (χ3n) is 7.93. The first-order valence-corrected chi connectivity index (χ1v) is 10.8. The highest BCUT2D eigenvalue weighted by atomic mass is 19.1. The quantitative estimate of drug-likeness (QED) is 0.750. The van der Waals surface area contributed by atoms with E-state index >= 15 is 0 Å². The van der Waals surface area contributed by atoms with Crippen molar-refractivity contribution >= 4 is 17.5 Å². The number of nitrogens with zero attached hydrogens (tertiary/aromatic N) is 2. The van der Waals surface area contributed by atoms with Crippen LogP contribution in [0.25, 0.3) is 0 Å². The standard InChI is InChI=1S/C23H25FN2O4/c1-12-8-15(24)4-5-16(12)26-11-23-7-6-17(30-23)18(19(23)22(26)29)21(28)25-9-13-2-3-14(10-25)20(13)27/h4-8,13-14,17-20,27H,2-3,9-11H2,1H3/t13-,14+,17-,18+,19+,20?,23-/m0/s1. The van der Waals surface area contributed by atoms with Crippen LogP contribution in [0.1, 0.15) is 18.4 Å². The first kappa shape index (κ1) is 18.5. The number of aliphatic hydroxyl groups excluding tert-OH is 1. The Labute approximate surface area is 174 Å². The van der Waals surface area contributed by atoms with Gasteiger partial charge in [-0.2, -0.15) is 0 Å². The van der Waals surface area contributed by atoms with Crippen molar-refractivity contribution in [2.45, 2.75) is 37.6 Å². The Morgan fingerprint density at radius 1 is 1.27 bits per heavy atom. The second-order valence-electron chi connectivity index (χ2n) is 9.59. The van der Waals surface area contributed by atoms with E-state index in [4.69, 9.17) is 4.74 Å². The average molecular weight is 412 g/mol. The van der Waals surface area contributed by atoms with Gasteiger partial charge in [0.1, 0.15) is 11.4 Å². The lowest BCUT2D eigenvalue weighted by atomic mass is 9.76. The molecule has 1 aliphatic carbocycles. The molecule has 6 nitrogen and oxygen atoms in total. The molecule has 4 aliphatic heterocycles. The molecule has 5 aliphatic rings. The third-order valence-corrected chi connectivity index (χ3v) is 7.93. The lowest BCUT2D eigenvalue weighted by molar-refractivity contribution is -0.144. The van der Waals surface area contributed by atoms with Crippen molar-refractivity contribution in [1.82, 2.24) is 4.90 Å². The summed E-state index contributed by atoms with van der Waals surface area (Å²) in [5, 5.41) is 10.3. The summed E-state index contributed by atoms with van der Waals surface area (Å²) < 4.78 is 19.8. The minimum Gasteiger partial charge on any atom is -0.392 e. The van der Waals surface area contributed by atoms with Crippen molar-refractivity contribution in [1.29, 1.82) is 0 Å². The van der Waals surface area contributed by atoms with Crippen molar-refractivity contribution in [2.24, 2.45) is 23.7 Å². The average Bonchev–Trinajstić information content (AvgIpc) is 3.39. The number of ether oxygens (including phenoxy) is 1. The summed E-state index contributed by atoms with van der Waals surface area (Å²) >= 11 is 0. The lowest BCUT2D eigenvalue weighted by Crippen LogP contribution is -2.52.